The highest BCUT2D eigenvalue weighted by Gasteiger charge is 2.41. The molecule has 0 bridgehead atoms. The molecule has 0 saturated heterocycles. The lowest BCUT2D eigenvalue weighted by Gasteiger charge is -2.38. The molecule has 1 N–H and O–H groups in total. The minimum absolute atomic E-state index is 0.164. The van der Waals surface area contributed by atoms with Gasteiger partial charge >= 0.3 is 0 Å². The minimum Gasteiger partial charge on any atom is -0.480 e. The van der Waals surface area contributed by atoms with Gasteiger partial charge in [-0.2, -0.15) is 4.98 Å². The summed E-state index contributed by atoms with van der Waals surface area (Å²) < 4.78 is 8.55. The topological polar surface area (TPSA) is 52.0 Å². The third-order valence-electron chi connectivity index (χ3n) is 5.58. The number of nitrogens with one attached hydrogen (secondary N) is 1. The van der Waals surface area contributed by atoms with Crippen molar-refractivity contribution in [1.29, 1.82) is 0 Å². The largest absolute Gasteiger partial charge is 0.480 e. The zero-order valence-corrected chi connectivity index (χ0v) is 19.9. The molecule has 0 radical (unpaired) electrons. The molecule has 2 aliphatic rings. The molecular weight excluding hydrogens is 483 g/mol. The number of thioether (sulfide) groups is 1. The second-order valence-electron chi connectivity index (χ2n) is 7.43. The molecule has 0 amide bonds. The number of halogens is 2. The van der Waals surface area contributed by atoms with Crippen molar-refractivity contribution >= 4 is 57.9 Å². The van der Waals surface area contributed by atoms with Crippen LogP contribution in [0.4, 0.5) is 5.95 Å². The first-order chi connectivity index (χ1) is 15.6. The predicted octanol–water partition coefficient (Wildman–Crippen LogP) is 6.93. The first-order valence-electron chi connectivity index (χ1n) is 9.89. The molecule has 0 saturated carbocycles. The second-order valence-corrected chi connectivity index (χ2v) is 10.1. The van der Waals surface area contributed by atoms with Gasteiger partial charge in [0.1, 0.15) is 17.9 Å². The van der Waals surface area contributed by atoms with E-state index in [1.807, 2.05) is 53.4 Å². The molecule has 2 aromatic carbocycles. The van der Waals surface area contributed by atoms with Crippen LogP contribution in [-0.4, -0.2) is 21.0 Å². The van der Waals surface area contributed by atoms with Crippen LogP contribution in [0.25, 0.3) is 5.70 Å². The Morgan fingerprint density at radius 3 is 2.66 bits per heavy atom. The lowest BCUT2D eigenvalue weighted by atomic mass is 9.87. The number of ether oxygens (including phenoxy) is 1. The van der Waals surface area contributed by atoms with Gasteiger partial charge in [-0.25, -0.2) is 4.68 Å². The monoisotopic (exact) mass is 498 g/mol. The summed E-state index contributed by atoms with van der Waals surface area (Å²) in [6.07, 6.45) is 1.65. The number of aromatic nitrogens is 3. The van der Waals surface area contributed by atoms with Gasteiger partial charge in [0.25, 0.3) is 0 Å². The highest BCUT2D eigenvalue weighted by atomic mass is 35.5. The van der Waals surface area contributed by atoms with Crippen LogP contribution in [0, 0.1) is 0 Å². The average molecular weight is 499 g/mol. The number of hydrogen-bond donors (Lipinski definition) is 1. The number of rotatable bonds is 3. The normalized spacial score (nSPS) is 19.0. The van der Waals surface area contributed by atoms with Crippen molar-refractivity contribution in [3.63, 3.8) is 0 Å². The Balaban J connectivity index is 1.63. The summed E-state index contributed by atoms with van der Waals surface area (Å²) in [5.74, 6) is 1.47. The van der Waals surface area contributed by atoms with E-state index in [9.17, 15) is 0 Å². The molecule has 2 aliphatic heterocycles. The SMILES string of the molecule is CSc1nc2n(n1)[C@@H](c1cccs1)C1=C(N2)c2cc(Cl)ccc2O[C@@H]1c1ccc(Cl)cc1. The van der Waals surface area contributed by atoms with Gasteiger partial charge in [-0.15, -0.1) is 16.4 Å². The Bertz CT molecular complexity index is 1350. The minimum atomic E-state index is -0.328. The van der Waals surface area contributed by atoms with E-state index in [1.54, 1.807) is 11.3 Å². The third-order valence-corrected chi connectivity index (χ3v) is 7.53. The average Bonchev–Trinajstić information content (AvgIpc) is 3.47. The summed E-state index contributed by atoms with van der Waals surface area (Å²) in [6, 6.07) is 17.5. The van der Waals surface area contributed by atoms with E-state index in [0.717, 1.165) is 33.0 Å². The predicted molar refractivity (Wildman–Crippen MR) is 131 cm³/mol. The van der Waals surface area contributed by atoms with Crippen molar-refractivity contribution in [3.8, 4) is 5.75 Å². The molecule has 2 aromatic heterocycles. The number of fused-ring (bicyclic) bond motifs is 3. The molecule has 0 aliphatic carbocycles. The Morgan fingerprint density at radius 2 is 1.91 bits per heavy atom. The first kappa shape index (κ1) is 20.2. The van der Waals surface area contributed by atoms with Gasteiger partial charge in [-0.05, 0) is 53.6 Å². The van der Waals surface area contributed by atoms with E-state index in [2.05, 4.69) is 22.8 Å². The van der Waals surface area contributed by atoms with Gasteiger partial charge in [0.15, 0.2) is 0 Å². The fraction of sp³-hybridized carbons (Fsp3) is 0.130. The maximum Gasteiger partial charge on any atom is 0.227 e. The molecular formula is C23H16Cl2N4OS2. The van der Waals surface area contributed by atoms with Crippen molar-refractivity contribution in [2.75, 3.05) is 11.6 Å². The lowest BCUT2D eigenvalue weighted by Crippen LogP contribution is -2.32. The molecule has 32 heavy (non-hydrogen) atoms. The van der Waals surface area contributed by atoms with Gasteiger partial charge in [-0.3, -0.25) is 0 Å². The van der Waals surface area contributed by atoms with Crippen LogP contribution in [0.1, 0.15) is 28.1 Å². The summed E-state index contributed by atoms with van der Waals surface area (Å²) in [4.78, 5) is 5.87. The fourth-order valence-electron chi connectivity index (χ4n) is 4.20. The van der Waals surface area contributed by atoms with Gasteiger partial charge in [-0.1, -0.05) is 53.2 Å². The van der Waals surface area contributed by atoms with Crippen LogP contribution < -0.4 is 10.1 Å². The number of thiophene rings is 1. The fourth-order valence-corrected chi connectivity index (χ4v) is 5.67. The Morgan fingerprint density at radius 1 is 1.09 bits per heavy atom. The molecule has 0 spiro atoms. The van der Waals surface area contributed by atoms with E-state index >= 15 is 0 Å². The number of anilines is 1. The summed E-state index contributed by atoms with van der Waals surface area (Å²) in [5.41, 5.74) is 3.95. The van der Waals surface area contributed by atoms with Crippen molar-refractivity contribution in [3.05, 3.63) is 91.6 Å². The Labute approximate surface area is 203 Å². The van der Waals surface area contributed by atoms with Crippen LogP contribution in [0.15, 0.2) is 70.7 Å². The summed E-state index contributed by atoms with van der Waals surface area (Å²) in [6.45, 7) is 0. The highest BCUT2D eigenvalue weighted by Crippen LogP contribution is 2.52. The summed E-state index contributed by atoms with van der Waals surface area (Å²) >= 11 is 15.8. The molecule has 0 fully saturated rings. The number of nitrogens with zero attached hydrogens (tertiary/aromatic N) is 3. The molecule has 4 heterocycles. The van der Waals surface area contributed by atoms with E-state index in [0.29, 0.717) is 21.2 Å². The van der Waals surface area contributed by atoms with Gasteiger partial charge in [0.2, 0.25) is 11.1 Å². The third kappa shape index (κ3) is 3.23. The molecule has 4 aromatic rings. The van der Waals surface area contributed by atoms with Crippen LogP contribution in [-0.2, 0) is 0 Å². The van der Waals surface area contributed by atoms with Gasteiger partial charge < -0.3 is 10.1 Å². The summed E-state index contributed by atoms with van der Waals surface area (Å²) in [7, 11) is 0. The zero-order chi connectivity index (χ0) is 21.8. The van der Waals surface area contributed by atoms with Crippen LogP contribution >= 0.6 is 46.3 Å². The number of benzene rings is 2. The van der Waals surface area contributed by atoms with Crippen molar-refractivity contribution in [1.82, 2.24) is 14.8 Å². The van der Waals surface area contributed by atoms with Crippen LogP contribution in [0.2, 0.25) is 10.0 Å². The second kappa shape index (κ2) is 7.85. The number of hydrogen-bond acceptors (Lipinski definition) is 6. The van der Waals surface area contributed by atoms with Crippen molar-refractivity contribution in [2.45, 2.75) is 17.3 Å². The molecule has 9 heteroatoms. The molecule has 0 unspecified atom stereocenters. The smallest absolute Gasteiger partial charge is 0.227 e. The van der Waals surface area contributed by atoms with Gasteiger partial charge in [0, 0.05) is 26.1 Å². The Hall–Kier alpha value is -2.45. The maximum absolute atomic E-state index is 6.60. The van der Waals surface area contributed by atoms with Crippen LogP contribution in [0.3, 0.4) is 0 Å². The quantitative estimate of drug-likeness (QED) is 0.310. The lowest BCUT2D eigenvalue weighted by molar-refractivity contribution is 0.223. The summed E-state index contributed by atoms with van der Waals surface area (Å²) in [5, 5.41) is 12.5. The highest BCUT2D eigenvalue weighted by molar-refractivity contribution is 7.98. The van der Waals surface area contributed by atoms with Gasteiger partial charge in [0.05, 0.1) is 5.70 Å². The Kier molecular flexibility index (Phi) is 4.95. The van der Waals surface area contributed by atoms with E-state index in [1.165, 1.54) is 11.8 Å². The first-order valence-corrected chi connectivity index (χ1v) is 12.8. The van der Waals surface area contributed by atoms with E-state index in [-0.39, 0.29) is 12.1 Å². The van der Waals surface area contributed by atoms with E-state index < -0.39 is 0 Å². The molecule has 6 rings (SSSR count). The molecule has 160 valence electrons. The van der Waals surface area contributed by atoms with Crippen molar-refractivity contribution in [2.24, 2.45) is 0 Å². The maximum atomic E-state index is 6.60. The van der Waals surface area contributed by atoms with E-state index in [4.69, 9.17) is 38.0 Å². The standard InChI is InChI=1S/C23H16Cl2N4OS2/c1-31-23-27-22-26-19-15-11-14(25)8-9-16(15)30-21(12-4-6-13(24)7-5-12)18(19)20(29(22)28-23)17-3-2-10-32-17/h2-11,20-21H,1H3,(H,26,27,28)/t20-,21+/m0/s1. The van der Waals surface area contributed by atoms with Crippen molar-refractivity contribution < 1.29 is 4.74 Å². The molecule has 2 atom stereocenters. The zero-order valence-electron chi connectivity index (χ0n) is 16.8. The molecule has 5 nitrogen and oxygen atoms in total. The van der Waals surface area contributed by atoms with Crippen LogP contribution in [0.5, 0.6) is 5.75 Å².